The smallest absolute Gasteiger partial charge is 0.289 e. The Morgan fingerprint density at radius 3 is 2.67 bits per heavy atom. The fourth-order valence-corrected chi connectivity index (χ4v) is 3.13. The molecular formula is C21H24F2N4O2S. The van der Waals surface area contributed by atoms with E-state index in [-0.39, 0.29) is 28.8 Å². The molecule has 0 radical (unpaired) electrons. The fraction of sp³-hybridized carbons (Fsp3) is 0.381. The maximum atomic E-state index is 12.8. The van der Waals surface area contributed by atoms with Crippen LogP contribution in [0.5, 0.6) is 0 Å². The standard InChI is InChI=1S/C19H18F2N4O2S.C2H6/c1-2-15(27)12-9-23-17(24-14(10-26)11-5-6-11)8-13(12)25-18-16(28-19(20)21)4-3-7-22-18;1-2/h3-4,7-9,11,19H,2,5-6H2,1H3,(H2,22,23,24,25);1-2H3. The van der Waals surface area contributed by atoms with E-state index >= 15 is 0 Å². The summed E-state index contributed by atoms with van der Waals surface area (Å²) in [6.07, 6.45) is 4.95. The minimum Gasteiger partial charge on any atom is -0.339 e. The van der Waals surface area contributed by atoms with Gasteiger partial charge >= 0.3 is 0 Å². The Bertz CT molecular complexity index is 929. The van der Waals surface area contributed by atoms with Crippen LogP contribution in [0.3, 0.4) is 0 Å². The minimum absolute atomic E-state index is 0.150. The number of alkyl halides is 2. The van der Waals surface area contributed by atoms with Gasteiger partial charge < -0.3 is 10.6 Å². The van der Waals surface area contributed by atoms with Gasteiger partial charge in [-0.3, -0.25) is 4.79 Å². The Morgan fingerprint density at radius 2 is 2.07 bits per heavy atom. The predicted molar refractivity (Wildman–Crippen MR) is 115 cm³/mol. The summed E-state index contributed by atoms with van der Waals surface area (Å²) in [7, 11) is 0. The summed E-state index contributed by atoms with van der Waals surface area (Å²) in [5, 5.41) is 5.90. The Hall–Kier alpha value is -2.77. The Balaban J connectivity index is 0.00000155. The zero-order valence-electron chi connectivity index (χ0n) is 17.0. The highest BCUT2D eigenvalue weighted by Crippen LogP contribution is 2.36. The zero-order valence-corrected chi connectivity index (χ0v) is 17.9. The molecule has 160 valence electrons. The molecule has 1 aliphatic carbocycles. The first-order valence-electron chi connectivity index (χ1n) is 9.74. The number of thioether (sulfide) groups is 1. The van der Waals surface area contributed by atoms with Crippen molar-refractivity contribution in [3.63, 3.8) is 0 Å². The average molecular weight is 435 g/mol. The van der Waals surface area contributed by atoms with E-state index in [1.807, 2.05) is 19.8 Å². The van der Waals surface area contributed by atoms with Crippen molar-refractivity contribution in [2.75, 3.05) is 10.6 Å². The molecule has 0 aromatic carbocycles. The number of pyridine rings is 2. The SMILES string of the molecule is CC.CCC(=O)c1cnc(NC(=C=O)C2CC2)cc1Nc1ncccc1SC(F)F. The Kier molecular flexibility index (Phi) is 8.95. The van der Waals surface area contributed by atoms with Crippen molar-refractivity contribution in [1.29, 1.82) is 0 Å². The number of anilines is 3. The summed E-state index contributed by atoms with van der Waals surface area (Å²) >= 11 is 0.365. The molecule has 0 saturated heterocycles. The fourth-order valence-electron chi connectivity index (χ4n) is 2.56. The third-order valence-electron chi connectivity index (χ3n) is 4.12. The van der Waals surface area contributed by atoms with E-state index in [2.05, 4.69) is 20.6 Å². The molecule has 2 aromatic heterocycles. The van der Waals surface area contributed by atoms with Gasteiger partial charge in [0, 0.05) is 30.8 Å². The molecule has 0 atom stereocenters. The number of carbonyl (C=O) groups is 1. The summed E-state index contributed by atoms with van der Waals surface area (Å²) in [6.45, 7) is 5.72. The van der Waals surface area contributed by atoms with Crippen LogP contribution in [0.4, 0.5) is 26.1 Å². The molecule has 2 aromatic rings. The van der Waals surface area contributed by atoms with Crippen molar-refractivity contribution in [2.45, 2.75) is 50.7 Å². The lowest BCUT2D eigenvalue weighted by molar-refractivity contribution is 0.0988. The van der Waals surface area contributed by atoms with Crippen molar-refractivity contribution < 1.29 is 18.4 Å². The third-order valence-corrected chi connectivity index (χ3v) is 4.89. The van der Waals surface area contributed by atoms with Gasteiger partial charge in [0.15, 0.2) is 5.78 Å². The average Bonchev–Trinajstić information content (AvgIpc) is 3.59. The second kappa shape index (κ2) is 11.4. The molecule has 0 amide bonds. The van der Waals surface area contributed by atoms with Gasteiger partial charge in [0.25, 0.3) is 5.76 Å². The van der Waals surface area contributed by atoms with Gasteiger partial charge in [0.1, 0.15) is 23.3 Å². The monoisotopic (exact) mass is 434 g/mol. The molecule has 6 nitrogen and oxygen atoms in total. The first kappa shape index (κ1) is 23.5. The van der Waals surface area contributed by atoms with E-state index in [0.717, 1.165) is 12.8 Å². The number of nitrogens with zero attached hydrogens (tertiary/aromatic N) is 2. The van der Waals surface area contributed by atoms with E-state index in [1.54, 1.807) is 19.1 Å². The van der Waals surface area contributed by atoms with Crippen molar-refractivity contribution in [2.24, 2.45) is 5.92 Å². The van der Waals surface area contributed by atoms with E-state index < -0.39 is 5.76 Å². The number of nitrogens with one attached hydrogen (secondary N) is 2. The highest BCUT2D eigenvalue weighted by atomic mass is 32.2. The van der Waals surface area contributed by atoms with Crippen LogP contribution in [-0.2, 0) is 4.79 Å². The van der Waals surface area contributed by atoms with Crippen molar-refractivity contribution in [3.8, 4) is 0 Å². The van der Waals surface area contributed by atoms with E-state index in [4.69, 9.17) is 0 Å². The number of Topliss-reactive ketones (excluding diaryl/α,β-unsaturated/α-hetero) is 1. The Morgan fingerprint density at radius 1 is 1.33 bits per heavy atom. The maximum absolute atomic E-state index is 12.8. The van der Waals surface area contributed by atoms with Gasteiger partial charge in [-0.2, -0.15) is 8.78 Å². The second-order valence-corrected chi connectivity index (χ2v) is 7.19. The predicted octanol–water partition coefficient (Wildman–Crippen LogP) is 5.69. The van der Waals surface area contributed by atoms with E-state index in [0.29, 0.717) is 34.5 Å². The van der Waals surface area contributed by atoms with Crippen LogP contribution in [0.15, 0.2) is 41.2 Å². The van der Waals surface area contributed by atoms with Gasteiger partial charge in [-0.1, -0.05) is 32.5 Å². The largest absolute Gasteiger partial charge is 0.339 e. The topological polar surface area (TPSA) is 84.0 Å². The third kappa shape index (κ3) is 6.37. The van der Waals surface area contributed by atoms with E-state index in [1.165, 1.54) is 18.5 Å². The van der Waals surface area contributed by atoms with E-state index in [9.17, 15) is 18.4 Å². The molecule has 0 spiro atoms. The molecule has 0 aliphatic heterocycles. The lowest BCUT2D eigenvalue weighted by atomic mass is 10.1. The van der Waals surface area contributed by atoms with Crippen LogP contribution in [-0.4, -0.2) is 27.5 Å². The summed E-state index contributed by atoms with van der Waals surface area (Å²) in [6, 6.07) is 4.65. The highest BCUT2D eigenvalue weighted by Gasteiger charge is 2.28. The minimum atomic E-state index is -2.60. The number of halogens is 2. The molecule has 1 saturated carbocycles. The molecule has 2 N–H and O–H groups in total. The number of ketones is 1. The number of rotatable bonds is 9. The van der Waals surface area contributed by atoms with Gasteiger partial charge in [-0.05, 0) is 25.0 Å². The van der Waals surface area contributed by atoms with Gasteiger partial charge in [-0.25, -0.2) is 14.8 Å². The van der Waals surface area contributed by atoms with Crippen molar-refractivity contribution in [1.82, 2.24) is 9.97 Å². The summed E-state index contributed by atoms with van der Waals surface area (Å²) < 4.78 is 25.6. The van der Waals surface area contributed by atoms with Gasteiger partial charge in [-0.15, -0.1) is 0 Å². The molecule has 0 bridgehead atoms. The van der Waals surface area contributed by atoms with Crippen LogP contribution in [0, 0.1) is 5.92 Å². The quantitative estimate of drug-likeness (QED) is 0.298. The molecule has 0 unspecified atom stereocenters. The van der Waals surface area contributed by atoms with Gasteiger partial charge in [0.2, 0.25) is 0 Å². The van der Waals surface area contributed by atoms with Crippen LogP contribution in [0.2, 0.25) is 0 Å². The molecule has 30 heavy (non-hydrogen) atoms. The lowest BCUT2D eigenvalue weighted by Crippen LogP contribution is -2.09. The molecular weight excluding hydrogens is 410 g/mol. The summed E-state index contributed by atoms with van der Waals surface area (Å²) in [4.78, 5) is 32.0. The van der Waals surface area contributed by atoms with Crippen LogP contribution < -0.4 is 10.6 Å². The first-order chi connectivity index (χ1) is 14.5. The van der Waals surface area contributed by atoms with Gasteiger partial charge in [0.05, 0.1) is 16.1 Å². The highest BCUT2D eigenvalue weighted by molar-refractivity contribution is 7.99. The molecule has 1 aliphatic rings. The number of hydrogen-bond donors (Lipinski definition) is 2. The van der Waals surface area contributed by atoms with Crippen LogP contribution >= 0.6 is 11.8 Å². The lowest BCUT2D eigenvalue weighted by Gasteiger charge is -2.15. The molecule has 3 rings (SSSR count). The zero-order chi connectivity index (χ0) is 22.1. The molecule has 1 fully saturated rings. The second-order valence-electron chi connectivity index (χ2n) is 6.16. The first-order valence-corrected chi connectivity index (χ1v) is 10.6. The number of aromatic nitrogens is 2. The normalized spacial score (nSPS) is 12.5. The Labute approximate surface area is 178 Å². The number of carbonyl (C=O) groups excluding carboxylic acids is 2. The van der Waals surface area contributed by atoms with Crippen LogP contribution in [0.1, 0.15) is 50.4 Å². The summed E-state index contributed by atoms with van der Waals surface area (Å²) in [5.41, 5.74) is 1.11. The van der Waals surface area contributed by atoms with Crippen molar-refractivity contribution >= 4 is 40.8 Å². The molecule has 2 heterocycles. The molecule has 9 heteroatoms. The number of hydrogen-bond acceptors (Lipinski definition) is 7. The maximum Gasteiger partial charge on any atom is 0.289 e. The van der Waals surface area contributed by atoms with Crippen molar-refractivity contribution in [3.05, 3.63) is 41.9 Å². The van der Waals surface area contributed by atoms with Crippen LogP contribution in [0.25, 0.3) is 0 Å². The summed E-state index contributed by atoms with van der Waals surface area (Å²) in [5.74, 6) is -0.148. The number of allylic oxidation sites excluding steroid dienone is 1.